The van der Waals surface area contributed by atoms with E-state index in [2.05, 4.69) is 16.9 Å². The molecule has 2 aromatic rings. The topological polar surface area (TPSA) is 178 Å². The number of nitrogens with one attached hydrogen (secondary N) is 1. The van der Waals surface area contributed by atoms with Gasteiger partial charge in [0, 0.05) is 41.6 Å². The number of benzene rings is 1. The predicted molar refractivity (Wildman–Crippen MR) is 232 cm³/mol. The summed E-state index contributed by atoms with van der Waals surface area (Å²) in [6.45, 7) is 19.1. The number of alkyl carbamates (subject to hydrolysis) is 1. The highest BCUT2D eigenvalue weighted by molar-refractivity contribution is 7.13. The quantitative estimate of drug-likeness (QED) is 0.174. The minimum atomic E-state index is -1.71. The van der Waals surface area contributed by atoms with Crippen LogP contribution in [0.5, 0.6) is 0 Å². The molecule has 3 fully saturated rings. The van der Waals surface area contributed by atoms with E-state index in [4.69, 9.17) is 28.4 Å². The molecule has 14 nitrogen and oxygen atoms in total. The second-order valence-corrected chi connectivity index (χ2v) is 18.9. The Labute approximate surface area is 365 Å². The van der Waals surface area contributed by atoms with E-state index in [9.17, 15) is 24.9 Å². The Bertz CT molecular complexity index is 1790. The van der Waals surface area contributed by atoms with Crippen molar-refractivity contribution in [2.24, 2.45) is 23.7 Å². The van der Waals surface area contributed by atoms with E-state index in [0.29, 0.717) is 18.4 Å². The molecule has 3 aliphatic rings. The Morgan fingerprint density at radius 3 is 2.43 bits per heavy atom. The Balaban J connectivity index is 1.51. The van der Waals surface area contributed by atoms with E-state index in [0.717, 1.165) is 21.7 Å². The van der Waals surface area contributed by atoms with Crippen LogP contribution in [0.1, 0.15) is 80.2 Å². The average Bonchev–Trinajstić information content (AvgIpc) is 3.76. The number of nitrogens with zero attached hydrogens (tertiary/aromatic N) is 2. The highest BCUT2D eigenvalue weighted by atomic mass is 32.1. The SMILES string of the molecule is C=C1COC2[C@@H](C)/C(=C/COC(=O)NCc3ccc(-c4nccs4)cc3)[C@H](C)C[C@@](C)(OC1)[C@H](OC1O[C@H](C)C[C@H](N(C)C)[C@H]1O)[C@@H](C)[C@H](O)[C@@H](C)C(=O)O[C@H](CC)[C@@]2(C)O. The second kappa shape index (κ2) is 21.0. The molecule has 1 amide bonds. The van der Waals surface area contributed by atoms with Gasteiger partial charge in [0.15, 0.2) is 6.29 Å². The number of ether oxygens (including phenoxy) is 6. The maximum Gasteiger partial charge on any atom is 0.407 e. The summed E-state index contributed by atoms with van der Waals surface area (Å²) in [6, 6.07) is 7.53. The van der Waals surface area contributed by atoms with Crippen molar-refractivity contribution in [3.8, 4) is 10.6 Å². The van der Waals surface area contributed by atoms with Crippen LogP contribution in [-0.4, -0.2) is 131 Å². The third-order valence-corrected chi connectivity index (χ3v) is 13.7. The van der Waals surface area contributed by atoms with Crippen molar-refractivity contribution in [3.63, 3.8) is 0 Å². The number of fused-ring (bicyclic) bond motifs is 5. The van der Waals surface area contributed by atoms with Gasteiger partial charge in [-0.05, 0) is 84.2 Å². The minimum Gasteiger partial charge on any atom is -0.459 e. The van der Waals surface area contributed by atoms with Crippen LogP contribution in [0, 0.1) is 23.7 Å². The molecule has 340 valence electrons. The van der Waals surface area contributed by atoms with Crippen molar-refractivity contribution in [1.82, 2.24) is 15.2 Å². The first-order valence-corrected chi connectivity index (χ1v) is 22.4. The molecule has 2 unspecified atom stereocenters. The van der Waals surface area contributed by atoms with E-state index in [1.165, 1.54) is 0 Å². The lowest BCUT2D eigenvalue weighted by Crippen LogP contribution is -2.60. The van der Waals surface area contributed by atoms with Crippen molar-refractivity contribution in [1.29, 1.82) is 0 Å². The number of aromatic nitrogens is 1. The van der Waals surface area contributed by atoms with E-state index in [1.807, 2.05) is 89.3 Å². The summed E-state index contributed by atoms with van der Waals surface area (Å²) >= 11 is 1.56. The first-order valence-electron chi connectivity index (χ1n) is 21.5. The summed E-state index contributed by atoms with van der Waals surface area (Å²) in [4.78, 5) is 33.3. The minimum absolute atomic E-state index is 0.0174. The lowest BCUT2D eigenvalue weighted by molar-refractivity contribution is -0.303. The summed E-state index contributed by atoms with van der Waals surface area (Å²) in [5.74, 6) is -3.31. The molecule has 1 aromatic carbocycles. The molecule has 4 N–H and O–H groups in total. The summed E-state index contributed by atoms with van der Waals surface area (Å²) in [7, 11) is 3.79. The number of esters is 1. The second-order valence-electron chi connectivity index (χ2n) is 18.0. The van der Waals surface area contributed by atoms with Gasteiger partial charge in [-0.25, -0.2) is 9.78 Å². The number of hydrogen-bond donors (Lipinski definition) is 4. The zero-order chi connectivity index (χ0) is 44.8. The number of aliphatic hydroxyl groups excluding tert-OH is 2. The van der Waals surface area contributed by atoms with Gasteiger partial charge in [-0.1, -0.05) is 64.1 Å². The Hall–Kier alpha value is -3.25. The molecule has 0 saturated carbocycles. The van der Waals surface area contributed by atoms with Gasteiger partial charge in [0.1, 0.15) is 29.4 Å². The van der Waals surface area contributed by atoms with Crippen LogP contribution in [0.2, 0.25) is 0 Å². The average molecular weight is 872 g/mol. The van der Waals surface area contributed by atoms with Crippen LogP contribution in [0.25, 0.3) is 10.6 Å². The number of cyclic esters (lactones) is 1. The molecule has 4 heterocycles. The standard InChI is InChI=1S/C46H69N3O11S/c1-12-36-46(9,54)40-29(5)34(17-19-55-44(53)48-23-32-13-15-33(16-14-32)41-47-18-20-61-41)27(3)22-45(8,57-25-26(2)24-56-40)39(30(6)37(50)31(7)42(52)59-36)60-43-38(51)35(49(10)11)21-28(4)58-43/h13-18,20,27-31,35-40,43,50-51,54H,2,12,19,21-25H2,1,3-11H3,(H,48,53)/b34-17+/t27-,28-,29+,30+,31-,35+,36-,37+,38-,39-,40?,43?,45-,46-/m1/s1. The first kappa shape index (κ1) is 48.8. The smallest absolute Gasteiger partial charge is 0.407 e. The van der Waals surface area contributed by atoms with Crippen molar-refractivity contribution in [2.45, 2.75) is 141 Å². The van der Waals surface area contributed by atoms with Gasteiger partial charge in [0.25, 0.3) is 0 Å². The molecular weight excluding hydrogens is 803 g/mol. The fourth-order valence-electron chi connectivity index (χ4n) is 9.34. The lowest BCUT2D eigenvalue weighted by atomic mass is 9.72. The molecule has 2 bridgehead atoms. The summed E-state index contributed by atoms with van der Waals surface area (Å²) < 4.78 is 38.3. The van der Waals surface area contributed by atoms with Gasteiger partial charge in [-0.15, -0.1) is 11.3 Å². The van der Waals surface area contributed by atoms with E-state index in [-0.39, 0.29) is 50.8 Å². The lowest BCUT2D eigenvalue weighted by Gasteiger charge is -2.48. The number of hydrogen-bond acceptors (Lipinski definition) is 14. The fraction of sp³-hybridized carbons (Fsp3) is 0.674. The third kappa shape index (κ3) is 11.7. The van der Waals surface area contributed by atoms with Crippen LogP contribution < -0.4 is 5.32 Å². The molecule has 3 saturated heterocycles. The molecule has 5 rings (SSSR count). The monoisotopic (exact) mass is 871 g/mol. The van der Waals surface area contributed by atoms with Crippen LogP contribution in [0.15, 0.2) is 59.6 Å². The molecule has 3 aliphatic heterocycles. The number of rotatable bonds is 9. The number of carbonyl (C=O) groups excluding carboxylic acids is 2. The van der Waals surface area contributed by atoms with E-state index < -0.39 is 77.8 Å². The van der Waals surface area contributed by atoms with Crippen LogP contribution in [-0.2, 0) is 39.8 Å². The molecule has 0 aliphatic carbocycles. The maximum absolute atomic E-state index is 13.9. The van der Waals surface area contributed by atoms with Gasteiger partial charge in [-0.3, -0.25) is 4.79 Å². The molecule has 14 atom stereocenters. The van der Waals surface area contributed by atoms with Crippen molar-refractivity contribution < 1.29 is 53.3 Å². The van der Waals surface area contributed by atoms with Crippen molar-refractivity contribution in [2.75, 3.05) is 33.9 Å². The van der Waals surface area contributed by atoms with Gasteiger partial charge >= 0.3 is 12.1 Å². The fourth-order valence-corrected chi connectivity index (χ4v) is 9.99. The Morgan fingerprint density at radius 2 is 1.79 bits per heavy atom. The van der Waals surface area contributed by atoms with Gasteiger partial charge in [0.05, 0.1) is 49.1 Å². The van der Waals surface area contributed by atoms with E-state index >= 15 is 0 Å². The molecule has 1 aromatic heterocycles. The Kier molecular flexibility index (Phi) is 16.8. The van der Waals surface area contributed by atoms with Crippen LogP contribution in [0.3, 0.4) is 0 Å². The van der Waals surface area contributed by atoms with Gasteiger partial charge in [0.2, 0.25) is 0 Å². The molecule has 0 spiro atoms. The highest BCUT2D eigenvalue weighted by Crippen LogP contribution is 2.43. The summed E-state index contributed by atoms with van der Waals surface area (Å²) in [6.07, 6.45) is -2.40. The zero-order valence-corrected chi connectivity index (χ0v) is 38.4. The molecular formula is C46H69N3O11S. The van der Waals surface area contributed by atoms with Gasteiger partial charge in [-0.2, -0.15) is 0 Å². The van der Waals surface area contributed by atoms with Crippen molar-refractivity contribution >= 4 is 23.4 Å². The number of likely N-dealkylation sites (N-methyl/N-ethyl adjacent to an activating group) is 1. The Morgan fingerprint density at radius 1 is 1.08 bits per heavy atom. The number of amides is 1. The number of carbonyl (C=O) groups is 2. The molecule has 0 radical (unpaired) electrons. The van der Waals surface area contributed by atoms with Crippen molar-refractivity contribution in [3.05, 3.63) is 65.2 Å². The highest BCUT2D eigenvalue weighted by Gasteiger charge is 2.52. The van der Waals surface area contributed by atoms with Crippen LogP contribution in [0.4, 0.5) is 4.79 Å². The largest absolute Gasteiger partial charge is 0.459 e. The summed E-state index contributed by atoms with van der Waals surface area (Å²) in [5.41, 5.74) is 0.366. The first-order chi connectivity index (χ1) is 28.8. The number of aliphatic hydroxyl groups is 3. The van der Waals surface area contributed by atoms with E-state index in [1.54, 1.807) is 38.3 Å². The summed E-state index contributed by atoms with van der Waals surface area (Å²) in [5, 5.41) is 41.8. The van der Waals surface area contributed by atoms with Gasteiger partial charge < -0.3 is 54.0 Å². The predicted octanol–water partition coefficient (Wildman–Crippen LogP) is 5.89. The molecule has 61 heavy (non-hydrogen) atoms. The number of thiazole rings is 1. The normalized spacial score (nSPS) is 37.6. The van der Waals surface area contributed by atoms with Crippen LogP contribution >= 0.6 is 11.3 Å². The maximum atomic E-state index is 13.9. The third-order valence-electron chi connectivity index (χ3n) is 12.9. The molecule has 15 heteroatoms. The zero-order valence-electron chi connectivity index (χ0n) is 37.5.